The van der Waals surface area contributed by atoms with E-state index in [1.807, 2.05) is 0 Å². The van der Waals surface area contributed by atoms with E-state index in [1.54, 1.807) is 4.90 Å². The van der Waals surface area contributed by atoms with Crippen molar-refractivity contribution in [2.75, 3.05) is 32.8 Å². The van der Waals surface area contributed by atoms with E-state index >= 15 is 0 Å². The molecule has 0 aromatic heterocycles. The van der Waals surface area contributed by atoms with Gasteiger partial charge in [-0.05, 0) is 17.7 Å². The number of halogens is 4. The van der Waals surface area contributed by atoms with Gasteiger partial charge in [0, 0.05) is 26.2 Å². The fraction of sp³-hybridized carbons (Fsp3) is 0.538. The molecule has 20 heavy (non-hydrogen) atoms. The van der Waals surface area contributed by atoms with Crippen LogP contribution in [0.4, 0.5) is 13.2 Å². The van der Waals surface area contributed by atoms with Crippen molar-refractivity contribution in [3.8, 4) is 0 Å². The van der Waals surface area contributed by atoms with E-state index in [1.165, 1.54) is 18.2 Å². The topological polar surface area (TPSA) is 35.5 Å². The molecule has 1 fully saturated rings. The zero-order valence-electron chi connectivity index (χ0n) is 10.9. The van der Waals surface area contributed by atoms with Crippen LogP contribution in [-0.4, -0.2) is 48.7 Å². The minimum absolute atomic E-state index is 0. The van der Waals surface area contributed by atoms with Gasteiger partial charge in [0.15, 0.2) is 0 Å². The molecule has 3 nitrogen and oxygen atoms in total. The molecule has 0 amide bonds. The van der Waals surface area contributed by atoms with Crippen LogP contribution in [0.3, 0.4) is 0 Å². The molecular formula is C13H18ClF3N2O. The summed E-state index contributed by atoms with van der Waals surface area (Å²) in [7, 11) is 0. The lowest BCUT2D eigenvalue weighted by atomic mass is 9.98. The quantitative estimate of drug-likeness (QED) is 0.890. The molecule has 7 heteroatoms. The van der Waals surface area contributed by atoms with Gasteiger partial charge in [0.2, 0.25) is 0 Å². The van der Waals surface area contributed by atoms with Crippen LogP contribution < -0.4 is 5.32 Å². The minimum atomic E-state index is -3.30. The Morgan fingerprint density at radius 1 is 1.30 bits per heavy atom. The standard InChI is InChI=1S/C13H17F3N2O.ClH/c14-11-3-1-2-10(8-11)12(13(15,16)9-19)18-6-4-17-5-7-18;/h1-3,8,12,17,19H,4-7,9H2;1H/t12-;/m0./s1. The summed E-state index contributed by atoms with van der Waals surface area (Å²) in [5.74, 6) is -3.85. The molecule has 0 radical (unpaired) electrons. The summed E-state index contributed by atoms with van der Waals surface area (Å²) in [4.78, 5) is 1.58. The van der Waals surface area contributed by atoms with Crippen molar-refractivity contribution in [2.45, 2.75) is 12.0 Å². The third kappa shape index (κ3) is 3.85. The van der Waals surface area contributed by atoms with Crippen LogP contribution in [0.1, 0.15) is 11.6 Å². The van der Waals surface area contributed by atoms with Crippen LogP contribution in [0.5, 0.6) is 0 Å². The fourth-order valence-corrected chi connectivity index (χ4v) is 2.43. The lowest BCUT2D eigenvalue weighted by Crippen LogP contribution is -2.51. The predicted octanol–water partition coefficient (Wildman–Crippen LogP) is 1.82. The van der Waals surface area contributed by atoms with Crippen molar-refractivity contribution in [1.82, 2.24) is 10.2 Å². The van der Waals surface area contributed by atoms with E-state index in [0.29, 0.717) is 26.2 Å². The lowest BCUT2D eigenvalue weighted by molar-refractivity contribution is -0.118. The highest BCUT2D eigenvalue weighted by Gasteiger charge is 2.44. The first kappa shape index (κ1) is 17.2. The molecule has 1 atom stereocenters. The Bertz CT molecular complexity index is 428. The molecule has 1 aromatic carbocycles. The second-order valence-electron chi connectivity index (χ2n) is 4.66. The zero-order chi connectivity index (χ0) is 13.9. The van der Waals surface area contributed by atoms with E-state index in [4.69, 9.17) is 5.11 Å². The Labute approximate surface area is 122 Å². The van der Waals surface area contributed by atoms with Crippen molar-refractivity contribution in [3.05, 3.63) is 35.6 Å². The van der Waals surface area contributed by atoms with Crippen LogP contribution in [0.15, 0.2) is 24.3 Å². The summed E-state index contributed by atoms with van der Waals surface area (Å²) >= 11 is 0. The molecule has 1 heterocycles. The number of aliphatic hydroxyl groups excluding tert-OH is 1. The van der Waals surface area contributed by atoms with Gasteiger partial charge in [0.25, 0.3) is 5.92 Å². The van der Waals surface area contributed by atoms with E-state index in [9.17, 15) is 13.2 Å². The van der Waals surface area contributed by atoms with Crippen LogP contribution in [0.2, 0.25) is 0 Å². The van der Waals surface area contributed by atoms with Crippen LogP contribution in [-0.2, 0) is 0 Å². The summed E-state index contributed by atoms with van der Waals surface area (Å²) in [6.07, 6.45) is 0. The van der Waals surface area contributed by atoms with E-state index in [-0.39, 0.29) is 18.0 Å². The second-order valence-corrected chi connectivity index (χ2v) is 4.66. The van der Waals surface area contributed by atoms with Gasteiger partial charge in [0.05, 0.1) is 0 Å². The summed E-state index contributed by atoms with van der Waals surface area (Å²) in [6, 6.07) is 3.91. The first-order chi connectivity index (χ1) is 9.04. The summed E-state index contributed by atoms with van der Waals surface area (Å²) in [6.45, 7) is 0.840. The fourth-order valence-electron chi connectivity index (χ4n) is 2.43. The monoisotopic (exact) mass is 310 g/mol. The molecule has 1 aliphatic rings. The highest BCUT2D eigenvalue weighted by molar-refractivity contribution is 5.85. The maximum Gasteiger partial charge on any atom is 0.289 e. The highest BCUT2D eigenvalue weighted by Crippen LogP contribution is 2.36. The highest BCUT2D eigenvalue weighted by atomic mass is 35.5. The Balaban J connectivity index is 0.00000200. The third-order valence-corrected chi connectivity index (χ3v) is 3.29. The van der Waals surface area contributed by atoms with E-state index < -0.39 is 24.4 Å². The number of alkyl halides is 2. The molecule has 0 unspecified atom stereocenters. The number of nitrogens with zero attached hydrogens (tertiary/aromatic N) is 1. The van der Waals surface area contributed by atoms with Crippen molar-refractivity contribution in [1.29, 1.82) is 0 Å². The van der Waals surface area contributed by atoms with Crippen molar-refractivity contribution < 1.29 is 18.3 Å². The molecule has 114 valence electrons. The predicted molar refractivity (Wildman–Crippen MR) is 72.9 cm³/mol. The Kier molecular flexibility index (Phi) is 6.26. The number of hydrogen-bond donors (Lipinski definition) is 2. The normalized spacial score (nSPS) is 18.4. The largest absolute Gasteiger partial charge is 0.390 e. The van der Waals surface area contributed by atoms with Crippen molar-refractivity contribution in [2.24, 2.45) is 0 Å². The van der Waals surface area contributed by atoms with Gasteiger partial charge in [0.1, 0.15) is 18.5 Å². The molecular weight excluding hydrogens is 293 g/mol. The van der Waals surface area contributed by atoms with Crippen molar-refractivity contribution >= 4 is 12.4 Å². The third-order valence-electron chi connectivity index (χ3n) is 3.29. The molecule has 1 aromatic rings. The number of rotatable bonds is 4. The number of aliphatic hydroxyl groups is 1. The van der Waals surface area contributed by atoms with E-state index in [2.05, 4.69) is 5.32 Å². The number of nitrogens with one attached hydrogen (secondary N) is 1. The molecule has 1 saturated heterocycles. The molecule has 1 aliphatic heterocycles. The minimum Gasteiger partial charge on any atom is -0.390 e. The Morgan fingerprint density at radius 3 is 2.50 bits per heavy atom. The first-order valence-corrected chi connectivity index (χ1v) is 6.23. The lowest BCUT2D eigenvalue weighted by Gasteiger charge is -2.38. The van der Waals surface area contributed by atoms with Crippen molar-refractivity contribution in [3.63, 3.8) is 0 Å². The maximum absolute atomic E-state index is 14.0. The molecule has 0 bridgehead atoms. The van der Waals surface area contributed by atoms with Gasteiger partial charge in [-0.25, -0.2) is 13.2 Å². The average Bonchev–Trinajstić information content (AvgIpc) is 2.40. The summed E-state index contributed by atoms with van der Waals surface area (Å²) in [5, 5.41) is 12.0. The Hall–Kier alpha value is -0.820. The SMILES string of the molecule is Cl.OCC(F)(F)[C@H](c1cccc(F)c1)N1CCNCC1. The number of piperazine rings is 1. The first-order valence-electron chi connectivity index (χ1n) is 6.23. The van der Waals surface area contributed by atoms with Gasteiger partial charge in [-0.1, -0.05) is 12.1 Å². The second kappa shape index (κ2) is 7.26. The van der Waals surface area contributed by atoms with Crippen LogP contribution in [0, 0.1) is 5.82 Å². The molecule has 2 rings (SSSR count). The number of benzene rings is 1. The zero-order valence-corrected chi connectivity index (χ0v) is 11.7. The summed E-state index contributed by atoms with van der Waals surface area (Å²) < 4.78 is 41.2. The molecule has 0 aliphatic carbocycles. The summed E-state index contributed by atoms with van der Waals surface area (Å²) in [5.41, 5.74) is 0.195. The molecule has 2 N–H and O–H groups in total. The molecule has 0 saturated carbocycles. The van der Waals surface area contributed by atoms with Crippen LogP contribution >= 0.6 is 12.4 Å². The Morgan fingerprint density at radius 2 is 1.95 bits per heavy atom. The van der Waals surface area contributed by atoms with Crippen LogP contribution in [0.25, 0.3) is 0 Å². The van der Waals surface area contributed by atoms with Gasteiger partial charge in [-0.2, -0.15) is 0 Å². The van der Waals surface area contributed by atoms with Gasteiger partial charge >= 0.3 is 0 Å². The number of hydrogen-bond acceptors (Lipinski definition) is 3. The smallest absolute Gasteiger partial charge is 0.289 e. The average molecular weight is 311 g/mol. The van der Waals surface area contributed by atoms with Gasteiger partial charge < -0.3 is 10.4 Å². The van der Waals surface area contributed by atoms with Gasteiger partial charge in [-0.3, -0.25) is 4.90 Å². The maximum atomic E-state index is 14.0. The van der Waals surface area contributed by atoms with E-state index in [0.717, 1.165) is 6.07 Å². The molecule has 0 spiro atoms. The van der Waals surface area contributed by atoms with Gasteiger partial charge in [-0.15, -0.1) is 12.4 Å².